The fourth-order valence-electron chi connectivity index (χ4n) is 4.85. The topological polar surface area (TPSA) is 98.2 Å². The van der Waals surface area contributed by atoms with Crippen LogP contribution in [-0.4, -0.2) is 70.8 Å². The van der Waals surface area contributed by atoms with Gasteiger partial charge < -0.3 is 23.7 Å². The van der Waals surface area contributed by atoms with Crippen LogP contribution < -0.4 is 14.4 Å². The molecule has 0 saturated carbocycles. The molecule has 10 heteroatoms. The predicted octanol–water partition coefficient (Wildman–Crippen LogP) is 4.36. The molecule has 1 aliphatic rings. The molecule has 0 unspecified atom stereocenters. The maximum absolute atomic E-state index is 13.5. The van der Waals surface area contributed by atoms with Crippen molar-refractivity contribution >= 4 is 17.5 Å². The van der Waals surface area contributed by atoms with Crippen LogP contribution in [0.4, 0.5) is 5.82 Å². The van der Waals surface area contributed by atoms with E-state index < -0.39 is 0 Å². The molecule has 4 heterocycles. The van der Waals surface area contributed by atoms with Gasteiger partial charge in [-0.25, -0.2) is 4.98 Å². The first-order chi connectivity index (χ1) is 18.2. The van der Waals surface area contributed by atoms with Crippen LogP contribution in [-0.2, 0) is 5.41 Å². The number of hydrogen-bond donors (Lipinski definition) is 0. The summed E-state index contributed by atoms with van der Waals surface area (Å²) in [5, 5.41) is 4.48. The van der Waals surface area contributed by atoms with E-state index in [0.717, 1.165) is 35.7 Å². The summed E-state index contributed by atoms with van der Waals surface area (Å²) in [6.45, 7) is 10.7. The average Bonchev–Trinajstić information content (AvgIpc) is 3.47. The van der Waals surface area contributed by atoms with Gasteiger partial charge in [0.2, 0.25) is 0 Å². The van der Waals surface area contributed by atoms with Gasteiger partial charge in [0.15, 0.2) is 11.5 Å². The quantitative estimate of drug-likeness (QED) is 0.384. The van der Waals surface area contributed by atoms with Crippen LogP contribution in [0.25, 0.3) is 16.9 Å². The molecule has 5 rings (SSSR count). The summed E-state index contributed by atoms with van der Waals surface area (Å²) in [5.41, 5.74) is 2.29. The molecule has 10 nitrogen and oxygen atoms in total. The highest BCUT2D eigenvalue weighted by Gasteiger charge is 2.28. The fraction of sp³-hybridized carbons (Fsp3) is 0.429. The molecule has 0 aliphatic carbocycles. The van der Waals surface area contributed by atoms with Gasteiger partial charge in [-0.1, -0.05) is 26.8 Å². The fourth-order valence-corrected chi connectivity index (χ4v) is 4.85. The smallest absolute Gasteiger partial charge is 0.257 e. The summed E-state index contributed by atoms with van der Waals surface area (Å²) in [6, 6.07) is 7.69. The first-order valence-corrected chi connectivity index (χ1v) is 12.8. The van der Waals surface area contributed by atoms with E-state index in [4.69, 9.17) is 13.9 Å². The molecular formula is C28H34N6O4. The maximum Gasteiger partial charge on any atom is 0.257 e. The molecule has 1 amide bonds. The molecular weight excluding hydrogens is 484 g/mol. The molecule has 0 radical (unpaired) electrons. The van der Waals surface area contributed by atoms with Crippen molar-refractivity contribution in [2.24, 2.45) is 0 Å². The third-order valence-electron chi connectivity index (χ3n) is 6.94. The molecule has 0 bridgehead atoms. The van der Waals surface area contributed by atoms with Crippen LogP contribution in [0.5, 0.6) is 11.5 Å². The van der Waals surface area contributed by atoms with E-state index in [0.29, 0.717) is 48.2 Å². The van der Waals surface area contributed by atoms with E-state index in [1.165, 1.54) is 6.33 Å². The number of aromatic nitrogens is 4. The van der Waals surface area contributed by atoms with Crippen molar-refractivity contribution in [2.45, 2.75) is 39.5 Å². The number of fused-ring (bicyclic) bond motifs is 1. The highest BCUT2D eigenvalue weighted by Crippen LogP contribution is 2.37. The van der Waals surface area contributed by atoms with Crippen molar-refractivity contribution in [3.63, 3.8) is 0 Å². The first kappa shape index (κ1) is 25.6. The Morgan fingerprint density at radius 3 is 2.50 bits per heavy atom. The monoisotopic (exact) mass is 518 g/mol. The molecule has 38 heavy (non-hydrogen) atoms. The van der Waals surface area contributed by atoms with E-state index in [9.17, 15) is 4.79 Å². The minimum Gasteiger partial charge on any atom is -0.493 e. The van der Waals surface area contributed by atoms with Crippen molar-refractivity contribution in [1.29, 1.82) is 0 Å². The molecule has 3 aromatic heterocycles. The number of benzene rings is 1. The van der Waals surface area contributed by atoms with Gasteiger partial charge >= 0.3 is 0 Å². The zero-order chi connectivity index (χ0) is 27.0. The Hall–Kier alpha value is -4.08. The minimum absolute atomic E-state index is 0.00402. The third-order valence-corrected chi connectivity index (χ3v) is 6.94. The lowest BCUT2D eigenvalue weighted by atomic mass is 9.93. The highest BCUT2D eigenvalue weighted by molar-refractivity contribution is 5.95. The van der Waals surface area contributed by atoms with E-state index in [2.05, 4.69) is 40.7 Å². The van der Waals surface area contributed by atoms with Crippen LogP contribution in [0, 0.1) is 6.92 Å². The number of carbonyl (C=O) groups is 1. The van der Waals surface area contributed by atoms with Gasteiger partial charge in [0, 0.05) is 43.4 Å². The Balaban J connectivity index is 1.46. The number of rotatable bonds is 5. The lowest BCUT2D eigenvalue weighted by Gasteiger charge is -2.26. The minimum atomic E-state index is -0.163. The van der Waals surface area contributed by atoms with Crippen LogP contribution in [0.1, 0.15) is 49.1 Å². The molecule has 0 spiro atoms. The number of nitrogens with zero attached hydrogens (tertiary/aromatic N) is 6. The van der Waals surface area contributed by atoms with Gasteiger partial charge in [-0.3, -0.25) is 4.79 Å². The summed E-state index contributed by atoms with van der Waals surface area (Å²) in [6.07, 6.45) is 4.13. The Labute approximate surface area is 222 Å². The van der Waals surface area contributed by atoms with Crippen molar-refractivity contribution in [3.05, 3.63) is 53.9 Å². The molecule has 0 atom stereocenters. The zero-order valence-electron chi connectivity index (χ0n) is 22.8. The SMILES string of the molecule is COc1ccc(-c2cnc3ncnn3c2N2CCCN(C(=O)c3cc(C(C)(C)C)oc3C)CC2)cc1OC. The summed E-state index contributed by atoms with van der Waals surface area (Å²) in [5.74, 6) is 4.17. The number of amides is 1. The number of aryl methyl sites for hydroxylation is 1. The highest BCUT2D eigenvalue weighted by atomic mass is 16.5. The number of ether oxygens (including phenoxy) is 2. The number of carbonyl (C=O) groups excluding carboxylic acids is 1. The second kappa shape index (κ2) is 10.00. The van der Waals surface area contributed by atoms with Crippen LogP contribution >= 0.6 is 0 Å². The van der Waals surface area contributed by atoms with E-state index in [1.807, 2.05) is 42.3 Å². The van der Waals surface area contributed by atoms with Crippen LogP contribution in [0.2, 0.25) is 0 Å². The normalized spacial score (nSPS) is 14.6. The van der Waals surface area contributed by atoms with Gasteiger partial charge in [-0.2, -0.15) is 14.6 Å². The number of anilines is 1. The molecule has 1 saturated heterocycles. The van der Waals surface area contributed by atoms with E-state index >= 15 is 0 Å². The Kier molecular flexibility index (Phi) is 6.73. The summed E-state index contributed by atoms with van der Waals surface area (Å²) in [7, 11) is 3.24. The standard InChI is InChI=1S/C28H34N6O4/c1-18-20(15-24(38-18)28(2,3)4)26(35)33-11-7-10-32(12-13-33)25-21(16-29-27-30-17-31-34(25)27)19-8-9-22(36-5)23(14-19)37-6/h8-9,14-17H,7,10-13H2,1-6H3. The summed E-state index contributed by atoms with van der Waals surface area (Å²) >= 11 is 0. The zero-order valence-corrected chi connectivity index (χ0v) is 22.8. The predicted molar refractivity (Wildman–Crippen MR) is 144 cm³/mol. The molecule has 1 fully saturated rings. The van der Waals surface area contributed by atoms with Crippen LogP contribution in [0.3, 0.4) is 0 Å². The van der Waals surface area contributed by atoms with Gasteiger partial charge in [-0.15, -0.1) is 0 Å². The first-order valence-electron chi connectivity index (χ1n) is 12.8. The number of hydrogen-bond acceptors (Lipinski definition) is 8. The van der Waals surface area contributed by atoms with Gasteiger partial charge in [-0.05, 0) is 37.1 Å². The second-order valence-corrected chi connectivity index (χ2v) is 10.5. The summed E-state index contributed by atoms with van der Waals surface area (Å²) < 4.78 is 18.7. The van der Waals surface area contributed by atoms with Crippen molar-refractivity contribution < 1.29 is 18.7 Å². The van der Waals surface area contributed by atoms with Crippen molar-refractivity contribution in [2.75, 3.05) is 45.3 Å². The summed E-state index contributed by atoms with van der Waals surface area (Å²) in [4.78, 5) is 26.5. The Morgan fingerprint density at radius 2 is 1.79 bits per heavy atom. The lowest BCUT2D eigenvalue weighted by Crippen LogP contribution is -2.36. The van der Waals surface area contributed by atoms with Crippen molar-refractivity contribution in [3.8, 4) is 22.6 Å². The third kappa shape index (κ3) is 4.66. The maximum atomic E-state index is 13.5. The molecule has 0 N–H and O–H groups in total. The van der Waals surface area contributed by atoms with Gasteiger partial charge in [0.25, 0.3) is 11.7 Å². The van der Waals surface area contributed by atoms with E-state index in [-0.39, 0.29) is 11.3 Å². The largest absolute Gasteiger partial charge is 0.493 e. The average molecular weight is 519 g/mol. The van der Waals surface area contributed by atoms with Crippen molar-refractivity contribution in [1.82, 2.24) is 24.5 Å². The molecule has 200 valence electrons. The van der Waals surface area contributed by atoms with E-state index in [1.54, 1.807) is 18.7 Å². The lowest BCUT2D eigenvalue weighted by molar-refractivity contribution is 0.0765. The number of methoxy groups -OCH3 is 2. The Morgan fingerprint density at radius 1 is 1.00 bits per heavy atom. The molecule has 1 aliphatic heterocycles. The number of furan rings is 1. The Bertz CT molecular complexity index is 1470. The molecule has 1 aromatic carbocycles. The van der Waals surface area contributed by atoms with Gasteiger partial charge in [0.05, 0.1) is 19.8 Å². The second-order valence-electron chi connectivity index (χ2n) is 10.5. The van der Waals surface area contributed by atoms with Gasteiger partial charge in [0.1, 0.15) is 23.7 Å². The van der Waals surface area contributed by atoms with Crippen LogP contribution in [0.15, 0.2) is 41.2 Å². The molecule has 4 aromatic rings.